The van der Waals surface area contributed by atoms with Crippen LogP contribution in [0.15, 0.2) is 109 Å². The number of rotatable bonds is 12. The molecule has 4 aromatic rings. The summed E-state index contributed by atoms with van der Waals surface area (Å²) in [6.45, 7) is 4.12. The Morgan fingerprint density at radius 2 is 1.49 bits per heavy atom. The SMILES string of the molecule is CN1CCCC1CCOC(C)(c1ccccc1)c1ccc(Cl)cc1.COc1ccc(CC(=O)c2ccc(O)cc2O)cc1.O=C(O)C=CC(=O)O. The molecule has 0 bridgehead atoms. The Kier molecular flexibility index (Phi) is 15.7. The molecule has 0 aliphatic carbocycles. The molecule has 5 rings (SSSR count). The largest absolute Gasteiger partial charge is 0.508 e. The average Bonchev–Trinajstić information content (AvgIpc) is 3.52. The molecule has 0 spiro atoms. The molecule has 2 atom stereocenters. The summed E-state index contributed by atoms with van der Waals surface area (Å²) in [7, 11) is 3.79. The van der Waals surface area contributed by atoms with Crippen LogP contribution in [-0.4, -0.2) is 76.4 Å². The number of aromatic hydroxyl groups is 2. The van der Waals surface area contributed by atoms with E-state index in [1.165, 1.54) is 37.1 Å². The van der Waals surface area contributed by atoms with Gasteiger partial charge in [-0.15, -0.1) is 0 Å². The topological polar surface area (TPSA) is 154 Å². The van der Waals surface area contributed by atoms with Gasteiger partial charge in [-0.3, -0.25) is 4.79 Å². The predicted octanol–water partition coefficient (Wildman–Crippen LogP) is 7.35. The van der Waals surface area contributed by atoms with Crippen molar-refractivity contribution < 1.29 is 44.3 Å². The van der Waals surface area contributed by atoms with E-state index in [1.807, 2.05) is 18.2 Å². The molecule has 4 aromatic carbocycles. The number of ketones is 1. The number of hydrogen-bond donors (Lipinski definition) is 4. The second-order valence-electron chi connectivity index (χ2n) is 12.0. The van der Waals surface area contributed by atoms with Crippen LogP contribution in [-0.2, 0) is 26.3 Å². The fourth-order valence-electron chi connectivity index (χ4n) is 5.52. The number of carboxylic acids is 2. The summed E-state index contributed by atoms with van der Waals surface area (Å²) in [6.07, 6.45) is 4.96. The second kappa shape index (κ2) is 19.9. The number of ether oxygens (including phenoxy) is 2. The fraction of sp³-hybridized carbons (Fsp3) is 0.275. The fourth-order valence-corrected chi connectivity index (χ4v) is 5.65. The van der Waals surface area contributed by atoms with Crippen LogP contribution in [0.4, 0.5) is 0 Å². The molecule has 10 nitrogen and oxygen atoms in total. The van der Waals surface area contributed by atoms with Gasteiger partial charge in [0, 0.05) is 42.3 Å². The van der Waals surface area contributed by atoms with E-state index >= 15 is 0 Å². The third-order valence-electron chi connectivity index (χ3n) is 8.41. The predicted molar refractivity (Wildman–Crippen MR) is 196 cm³/mol. The molecule has 1 aliphatic heterocycles. The Bertz CT molecular complexity index is 1730. The molecule has 11 heteroatoms. The van der Waals surface area contributed by atoms with Crippen LogP contribution in [0.2, 0.25) is 5.02 Å². The zero-order valence-corrected chi connectivity index (χ0v) is 29.6. The Hall–Kier alpha value is -5.16. The van der Waals surface area contributed by atoms with Crippen LogP contribution in [0.3, 0.4) is 0 Å². The number of phenols is 2. The van der Waals surface area contributed by atoms with Gasteiger partial charge in [-0.25, -0.2) is 9.59 Å². The van der Waals surface area contributed by atoms with Crippen molar-refractivity contribution in [3.8, 4) is 17.2 Å². The van der Waals surface area contributed by atoms with Crippen molar-refractivity contribution in [2.24, 2.45) is 0 Å². The van der Waals surface area contributed by atoms with Crippen molar-refractivity contribution in [2.45, 2.75) is 44.2 Å². The summed E-state index contributed by atoms with van der Waals surface area (Å²) < 4.78 is 11.5. The number of likely N-dealkylation sites (tertiary alicyclic amines) is 1. The van der Waals surface area contributed by atoms with Crippen LogP contribution in [0.1, 0.15) is 53.2 Å². The maximum Gasteiger partial charge on any atom is 0.328 e. The molecule has 0 saturated carbocycles. The highest BCUT2D eigenvalue weighted by atomic mass is 35.5. The molecular weight excluding hydrogens is 674 g/mol. The minimum absolute atomic E-state index is 0.0708. The zero-order chi connectivity index (χ0) is 37.4. The number of methoxy groups -OCH3 is 1. The molecular formula is C40H44ClNO9. The van der Waals surface area contributed by atoms with Gasteiger partial charge in [0.05, 0.1) is 12.7 Å². The molecule has 0 aromatic heterocycles. The molecule has 1 heterocycles. The molecule has 0 amide bonds. The highest BCUT2D eigenvalue weighted by Crippen LogP contribution is 2.34. The van der Waals surface area contributed by atoms with Gasteiger partial charge in [-0.1, -0.05) is 66.2 Å². The number of carbonyl (C=O) groups excluding carboxylic acids is 1. The van der Waals surface area contributed by atoms with E-state index in [0.717, 1.165) is 41.0 Å². The number of aliphatic carboxylic acids is 2. The smallest absolute Gasteiger partial charge is 0.328 e. The Labute approximate surface area is 303 Å². The summed E-state index contributed by atoms with van der Waals surface area (Å²) in [6, 6.07) is 30.2. The van der Waals surface area contributed by atoms with Gasteiger partial charge < -0.3 is 34.8 Å². The standard InChI is InChI=1S/C21H26ClNO.C15H14O4.C4H4O4/c1-21(17-7-4-3-5-8-17,18-10-12-19(22)13-11-18)24-16-14-20-9-6-15-23(20)2;1-19-12-5-2-10(3-6-12)8-14(17)13-7-4-11(16)9-15(13)18;5-3(6)1-2-4(7)8/h3-5,7-8,10-13,20H,6,9,14-16H2,1-2H3;2-7,9,16,18H,8H2,1H3;1-2H,(H,5,6)(H,7,8). The van der Waals surface area contributed by atoms with Gasteiger partial charge in [-0.05, 0) is 92.9 Å². The van der Waals surface area contributed by atoms with E-state index in [2.05, 4.69) is 55.3 Å². The molecule has 1 aliphatic rings. The van der Waals surface area contributed by atoms with Gasteiger partial charge >= 0.3 is 11.9 Å². The lowest BCUT2D eigenvalue weighted by molar-refractivity contribution is -0.134. The number of carboxylic acid groups (broad SMARTS) is 2. The quantitative estimate of drug-likeness (QED) is 0.0864. The van der Waals surface area contributed by atoms with Crippen LogP contribution in [0, 0.1) is 0 Å². The third-order valence-corrected chi connectivity index (χ3v) is 8.66. The third kappa shape index (κ3) is 12.9. The van der Waals surface area contributed by atoms with Crippen molar-refractivity contribution in [2.75, 3.05) is 27.3 Å². The summed E-state index contributed by atoms with van der Waals surface area (Å²) in [4.78, 5) is 33.6. The lowest BCUT2D eigenvalue weighted by Gasteiger charge is -2.32. The first-order chi connectivity index (χ1) is 24.3. The van der Waals surface area contributed by atoms with Crippen molar-refractivity contribution in [3.05, 3.63) is 136 Å². The lowest BCUT2D eigenvalue weighted by Crippen LogP contribution is -2.31. The number of hydrogen-bond acceptors (Lipinski definition) is 8. The molecule has 2 unspecified atom stereocenters. The Morgan fingerprint density at radius 3 is 2.02 bits per heavy atom. The minimum atomic E-state index is -1.26. The summed E-state index contributed by atoms with van der Waals surface area (Å²) >= 11 is 6.07. The lowest BCUT2D eigenvalue weighted by atomic mass is 9.88. The van der Waals surface area contributed by atoms with E-state index in [9.17, 15) is 24.6 Å². The minimum Gasteiger partial charge on any atom is -0.508 e. The maximum absolute atomic E-state index is 12.0. The van der Waals surface area contributed by atoms with Crippen LogP contribution >= 0.6 is 11.6 Å². The number of phenolic OH excluding ortho intramolecular Hbond substituents is 2. The highest BCUT2D eigenvalue weighted by molar-refractivity contribution is 6.30. The van der Waals surface area contributed by atoms with E-state index in [-0.39, 0.29) is 29.3 Å². The monoisotopic (exact) mass is 717 g/mol. The number of nitrogens with zero attached hydrogens (tertiary/aromatic N) is 1. The molecule has 0 radical (unpaired) electrons. The molecule has 270 valence electrons. The average molecular weight is 718 g/mol. The van der Waals surface area contributed by atoms with Gasteiger partial charge in [0.15, 0.2) is 5.78 Å². The molecule has 4 N–H and O–H groups in total. The van der Waals surface area contributed by atoms with E-state index in [0.29, 0.717) is 18.2 Å². The maximum atomic E-state index is 12.0. The van der Waals surface area contributed by atoms with Crippen molar-refractivity contribution in [1.29, 1.82) is 0 Å². The van der Waals surface area contributed by atoms with Crippen LogP contribution < -0.4 is 4.74 Å². The van der Waals surface area contributed by atoms with Gasteiger partial charge in [0.25, 0.3) is 0 Å². The van der Waals surface area contributed by atoms with Gasteiger partial charge in [0.2, 0.25) is 0 Å². The Balaban J connectivity index is 0.000000232. The van der Waals surface area contributed by atoms with E-state index in [4.69, 9.17) is 31.3 Å². The Morgan fingerprint density at radius 1 is 0.882 bits per heavy atom. The van der Waals surface area contributed by atoms with E-state index < -0.39 is 17.5 Å². The molecule has 51 heavy (non-hydrogen) atoms. The number of carbonyl (C=O) groups is 3. The normalized spacial score (nSPS) is 15.1. The molecule has 1 fully saturated rings. The first-order valence-electron chi connectivity index (χ1n) is 16.3. The van der Waals surface area contributed by atoms with Crippen molar-refractivity contribution in [1.82, 2.24) is 4.90 Å². The first-order valence-corrected chi connectivity index (χ1v) is 16.7. The zero-order valence-electron chi connectivity index (χ0n) is 28.9. The number of halogens is 1. The van der Waals surface area contributed by atoms with Crippen LogP contribution in [0.25, 0.3) is 0 Å². The number of Topliss-reactive ketones (excluding diaryl/α,β-unsaturated/α-hetero) is 1. The first kappa shape index (κ1) is 40.3. The van der Waals surface area contributed by atoms with Gasteiger partial charge in [0.1, 0.15) is 22.8 Å². The summed E-state index contributed by atoms with van der Waals surface area (Å²) in [5, 5.41) is 35.2. The highest BCUT2D eigenvalue weighted by Gasteiger charge is 2.31. The molecule has 1 saturated heterocycles. The summed E-state index contributed by atoms with van der Waals surface area (Å²) in [5.74, 6) is -2.27. The van der Waals surface area contributed by atoms with Crippen molar-refractivity contribution in [3.63, 3.8) is 0 Å². The van der Waals surface area contributed by atoms with Crippen molar-refractivity contribution >= 4 is 29.3 Å². The number of benzene rings is 4. The second-order valence-corrected chi connectivity index (χ2v) is 12.4. The van der Waals surface area contributed by atoms with E-state index in [1.54, 1.807) is 31.4 Å². The van der Waals surface area contributed by atoms with Gasteiger partial charge in [-0.2, -0.15) is 0 Å². The van der Waals surface area contributed by atoms with Crippen LogP contribution in [0.5, 0.6) is 17.2 Å². The summed E-state index contributed by atoms with van der Waals surface area (Å²) in [5.41, 5.74) is 2.89.